The Bertz CT molecular complexity index is 1200. The van der Waals surface area contributed by atoms with Crippen molar-refractivity contribution < 1.29 is 47.3 Å². The fraction of sp³-hybridized carbons (Fsp3) is 0.381. The van der Waals surface area contributed by atoms with Gasteiger partial charge in [-0.05, 0) is 30.7 Å². The van der Waals surface area contributed by atoms with Crippen LogP contribution in [0.5, 0.6) is 0 Å². The molecule has 0 radical (unpaired) electrons. The van der Waals surface area contributed by atoms with Crippen LogP contribution in [0.15, 0.2) is 35.5 Å². The highest BCUT2D eigenvalue weighted by Gasteiger charge is 2.59. The number of esters is 1. The Balaban J connectivity index is 1.93. The number of nitrogens with zero attached hydrogens (tertiary/aromatic N) is 2. The first-order chi connectivity index (χ1) is 15.9. The molecule has 0 bridgehead atoms. The number of aromatic carboxylic acids is 1. The van der Waals surface area contributed by atoms with Crippen molar-refractivity contribution in [2.45, 2.75) is 18.7 Å². The van der Waals surface area contributed by atoms with E-state index in [0.717, 1.165) is 9.80 Å². The smallest absolute Gasteiger partial charge is 0.338 e. The number of ether oxygens (including phenoxy) is 1. The van der Waals surface area contributed by atoms with Crippen LogP contribution < -0.4 is 0 Å². The third-order valence-electron chi connectivity index (χ3n) is 5.58. The van der Waals surface area contributed by atoms with Crippen LogP contribution in [0.25, 0.3) is 0 Å². The molecule has 0 aliphatic carbocycles. The van der Waals surface area contributed by atoms with E-state index in [0.29, 0.717) is 0 Å². The zero-order valence-electron chi connectivity index (χ0n) is 18.3. The summed E-state index contributed by atoms with van der Waals surface area (Å²) in [5.41, 5.74) is -0.534. The molecule has 2 amide bonds. The van der Waals surface area contributed by atoms with E-state index in [-0.39, 0.29) is 28.8 Å². The van der Waals surface area contributed by atoms with Crippen LogP contribution in [0.3, 0.4) is 0 Å². The first kappa shape index (κ1) is 24.9. The Morgan fingerprint density at radius 2 is 1.71 bits per heavy atom. The molecule has 1 aromatic rings. The number of hydrogen-bond acceptors (Lipinski definition) is 8. The highest BCUT2D eigenvalue weighted by atomic mass is 32.2. The minimum absolute atomic E-state index is 0.0101. The monoisotopic (exact) mass is 494 g/mol. The number of likely N-dealkylation sites (N-methyl/N-ethyl adjacent to an activating group) is 1. The SMILES string of the molecule is CC[C@H]1C(=O)N2C(C(=O)N(C)CC(=O)O)=C(COC(=O)c3ccc(C(=O)O)cc3)CS(=O)(=O)[C@H]12. The van der Waals surface area contributed by atoms with E-state index in [1.165, 1.54) is 31.3 Å². The maximum atomic E-state index is 13.0. The third kappa shape index (κ3) is 4.51. The average molecular weight is 494 g/mol. The molecule has 1 fully saturated rings. The van der Waals surface area contributed by atoms with E-state index in [4.69, 9.17) is 14.9 Å². The summed E-state index contributed by atoms with van der Waals surface area (Å²) >= 11 is 0. The quantitative estimate of drug-likeness (QED) is 0.368. The molecule has 2 aliphatic rings. The van der Waals surface area contributed by atoms with Gasteiger partial charge >= 0.3 is 17.9 Å². The molecule has 0 saturated carbocycles. The van der Waals surface area contributed by atoms with Gasteiger partial charge in [-0.3, -0.25) is 19.3 Å². The van der Waals surface area contributed by atoms with E-state index in [1.54, 1.807) is 6.92 Å². The van der Waals surface area contributed by atoms with E-state index in [2.05, 4.69) is 0 Å². The topological polar surface area (TPSA) is 176 Å². The predicted molar refractivity (Wildman–Crippen MR) is 114 cm³/mol. The van der Waals surface area contributed by atoms with Crippen molar-refractivity contribution >= 4 is 39.6 Å². The summed E-state index contributed by atoms with van der Waals surface area (Å²) in [7, 11) is -2.72. The fourth-order valence-corrected chi connectivity index (χ4v) is 6.14. The molecule has 34 heavy (non-hydrogen) atoms. The van der Waals surface area contributed by atoms with Crippen molar-refractivity contribution in [2.75, 3.05) is 26.0 Å². The predicted octanol–water partition coefficient (Wildman–Crippen LogP) is -0.0384. The lowest BCUT2D eigenvalue weighted by atomic mass is 9.93. The minimum atomic E-state index is -3.91. The number of carboxylic acid groups (broad SMARTS) is 2. The summed E-state index contributed by atoms with van der Waals surface area (Å²) < 4.78 is 30.9. The zero-order valence-corrected chi connectivity index (χ0v) is 19.1. The minimum Gasteiger partial charge on any atom is -0.480 e. The van der Waals surface area contributed by atoms with E-state index >= 15 is 0 Å². The molecule has 2 atom stereocenters. The van der Waals surface area contributed by atoms with Crippen molar-refractivity contribution in [1.29, 1.82) is 0 Å². The van der Waals surface area contributed by atoms with Gasteiger partial charge in [0.2, 0.25) is 5.91 Å². The first-order valence-corrected chi connectivity index (χ1v) is 11.8. The molecule has 0 unspecified atom stereocenters. The van der Waals surface area contributed by atoms with Gasteiger partial charge in [-0.15, -0.1) is 0 Å². The Morgan fingerprint density at radius 1 is 1.12 bits per heavy atom. The van der Waals surface area contributed by atoms with Gasteiger partial charge < -0.3 is 19.8 Å². The van der Waals surface area contributed by atoms with Gasteiger partial charge in [-0.2, -0.15) is 0 Å². The number of sulfone groups is 1. The third-order valence-corrected chi connectivity index (χ3v) is 7.61. The molecule has 2 heterocycles. The Kier molecular flexibility index (Phi) is 6.77. The van der Waals surface area contributed by atoms with Crippen molar-refractivity contribution in [3.63, 3.8) is 0 Å². The summed E-state index contributed by atoms with van der Waals surface area (Å²) in [6.07, 6.45) is 0.238. The molecule has 2 N–H and O–H groups in total. The summed E-state index contributed by atoms with van der Waals surface area (Å²) in [5.74, 6) is -6.35. The lowest BCUT2D eigenvalue weighted by Gasteiger charge is -2.50. The summed E-state index contributed by atoms with van der Waals surface area (Å²) in [5, 5.41) is 16.7. The normalized spacial score (nSPS) is 20.8. The number of fused-ring (bicyclic) bond motifs is 1. The van der Waals surface area contributed by atoms with E-state index < -0.39 is 69.8 Å². The summed E-state index contributed by atoms with van der Waals surface area (Å²) in [6, 6.07) is 4.80. The fourth-order valence-electron chi connectivity index (χ4n) is 3.92. The Labute approximate surface area is 194 Å². The van der Waals surface area contributed by atoms with Crippen LogP contribution in [0.2, 0.25) is 0 Å². The lowest BCUT2D eigenvalue weighted by Crippen LogP contribution is -2.67. The van der Waals surface area contributed by atoms with Crippen molar-refractivity contribution in [2.24, 2.45) is 5.92 Å². The number of benzene rings is 1. The molecule has 3 rings (SSSR count). The number of rotatable bonds is 8. The molecule has 1 saturated heterocycles. The van der Waals surface area contributed by atoms with Crippen LogP contribution in [-0.4, -0.2) is 89.5 Å². The Hall–Kier alpha value is -3.74. The first-order valence-electron chi connectivity index (χ1n) is 10.1. The second-order valence-electron chi connectivity index (χ2n) is 7.89. The molecule has 0 spiro atoms. The van der Waals surface area contributed by atoms with Gasteiger partial charge in [-0.1, -0.05) is 6.92 Å². The largest absolute Gasteiger partial charge is 0.480 e. The second kappa shape index (κ2) is 9.25. The second-order valence-corrected chi connectivity index (χ2v) is 9.98. The van der Waals surface area contributed by atoms with E-state index in [1.807, 2.05) is 0 Å². The summed E-state index contributed by atoms with van der Waals surface area (Å²) in [6.45, 7) is 0.306. The highest BCUT2D eigenvalue weighted by molar-refractivity contribution is 7.92. The molecule has 182 valence electrons. The Morgan fingerprint density at radius 3 is 2.24 bits per heavy atom. The van der Waals surface area contributed by atoms with Gasteiger partial charge in [0.1, 0.15) is 18.8 Å². The van der Waals surface area contributed by atoms with Crippen molar-refractivity contribution in [1.82, 2.24) is 9.80 Å². The average Bonchev–Trinajstić information content (AvgIpc) is 2.76. The number of carbonyl (C=O) groups is 5. The van der Waals surface area contributed by atoms with Gasteiger partial charge in [0.15, 0.2) is 15.2 Å². The number of carboxylic acids is 2. The van der Waals surface area contributed by atoms with Gasteiger partial charge in [0.25, 0.3) is 5.91 Å². The number of carbonyl (C=O) groups excluding carboxylic acids is 3. The number of β-lactam (4-membered cyclic amide) rings is 1. The van der Waals surface area contributed by atoms with Crippen LogP contribution >= 0.6 is 0 Å². The highest BCUT2D eigenvalue weighted by Crippen LogP contribution is 2.42. The lowest BCUT2D eigenvalue weighted by molar-refractivity contribution is -0.152. The number of hydrogen-bond donors (Lipinski definition) is 2. The maximum absolute atomic E-state index is 13.0. The molecule has 2 aliphatic heterocycles. The zero-order chi connectivity index (χ0) is 25.4. The molecule has 1 aromatic carbocycles. The molecule has 13 heteroatoms. The number of amides is 2. The summed E-state index contributed by atoms with van der Waals surface area (Å²) in [4.78, 5) is 61.8. The number of aliphatic carboxylic acids is 1. The van der Waals surface area contributed by atoms with Crippen LogP contribution in [0.4, 0.5) is 0 Å². The molecule has 12 nitrogen and oxygen atoms in total. The van der Waals surface area contributed by atoms with Gasteiger partial charge in [0, 0.05) is 12.6 Å². The van der Waals surface area contributed by atoms with Gasteiger partial charge in [0.05, 0.1) is 22.8 Å². The van der Waals surface area contributed by atoms with Crippen LogP contribution in [0, 0.1) is 5.92 Å². The molecule has 0 aromatic heterocycles. The van der Waals surface area contributed by atoms with E-state index in [9.17, 15) is 32.4 Å². The van der Waals surface area contributed by atoms with Crippen molar-refractivity contribution in [3.8, 4) is 0 Å². The van der Waals surface area contributed by atoms with Crippen LogP contribution in [0.1, 0.15) is 34.1 Å². The van der Waals surface area contributed by atoms with Gasteiger partial charge in [-0.25, -0.2) is 18.0 Å². The standard InChI is InChI=1S/C21H22N2O10S/c1-3-14-17(26)23-16(18(27)22(2)8-15(24)25)13(10-34(31,32)19(14)23)9-33-21(30)12-6-4-11(5-7-12)20(28)29/h4-7,14,19H,3,8-10H2,1-2H3,(H,24,25)(H,28,29)/t14-,19+/m0/s1. The maximum Gasteiger partial charge on any atom is 0.338 e. The van der Waals surface area contributed by atoms with Crippen LogP contribution in [-0.2, 0) is 29.0 Å². The molecular weight excluding hydrogens is 472 g/mol. The molecular formula is C21H22N2O10S. The van der Waals surface area contributed by atoms with Crippen molar-refractivity contribution in [3.05, 3.63) is 46.7 Å².